The number of nitrogens with one attached hydrogen (secondary N) is 2. The van der Waals surface area contributed by atoms with E-state index < -0.39 is 10.8 Å². The minimum absolute atomic E-state index is 0.114. The summed E-state index contributed by atoms with van der Waals surface area (Å²) in [5, 5.41) is 17.3. The van der Waals surface area contributed by atoms with Crippen molar-refractivity contribution in [2.24, 2.45) is 5.10 Å². The van der Waals surface area contributed by atoms with Crippen LogP contribution in [-0.4, -0.2) is 29.6 Å². The normalized spacial score (nSPS) is 10.5. The Labute approximate surface area is 183 Å². The summed E-state index contributed by atoms with van der Waals surface area (Å²) in [5.74, 6) is -0.205. The summed E-state index contributed by atoms with van der Waals surface area (Å²) in [4.78, 5) is 34.1. The van der Waals surface area contributed by atoms with E-state index in [9.17, 15) is 19.7 Å². The van der Waals surface area contributed by atoms with Gasteiger partial charge in [-0.3, -0.25) is 19.7 Å². The number of non-ortho nitro benzene ring substituents is 1. The first-order chi connectivity index (χ1) is 15.5. The Kier molecular flexibility index (Phi) is 7.63. The number of benzene rings is 3. The fourth-order valence-electron chi connectivity index (χ4n) is 2.69. The maximum absolute atomic E-state index is 12.0. The molecule has 9 nitrogen and oxygen atoms in total. The summed E-state index contributed by atoms with van der Waals surface area (Å²) < 4.78 is 5.42. The van der Waals surface area contributed by atoms with Gasteiger partial charge >= 0.3 is 0 Å². The third-order valence-electron chi connectivity index (χ3n) is 4.20. The lowest BCUT2D eigenvalue weighted by Crippen LogP contribution is -2.20. The molecule has 162 valence electrons. The zero-order valence-electron chi connectivity index (χ0n) is 16.9. The second-order valence-electron chi connectivity index (χ2n) is 6.67. The molecule has 0 aromatic heterocycles. The molecule has 2 amide bonds. The number of anilines is 1. The van der Waals surface area contributed by atoms with Crippen LogP contribution in [0.3, 0.4) is 0 Å². The van der Waals surface area contributed by atoms with Gasteiger partial charge in [0.1, 0.15) is 5.75 Å². The highest BCUT2D eigenvalue weighted by atomic mass is 16.6. The first kappa shape index (κ1) is 22.2. The van der Waals surface area contributed by atoms with Crippen LogP contribution < -0.4 is 15.5 Å². The lowest BCUT2D eigenvalue weighted by molar-refractivity contribution is -0.384. The fourth-order valence-corrected chi connectivity index (χ4v) is 2.69. The number of amides is 2. The van der Waals surface area contributed by atoms with Crippen molar-refractivity contribution >= 4 is 29.4 Å². The van der Waals surface area contributed by atoms with Gasteiger partial charge in [-0.25, -0.2) is 5.43 Å². The predicted octanol–water partition coefficient (Wildman–Crippen LogP) is 3.31. The van der Waals surface area contributed by atoms with Gasteiger partial charge in [0.2, 0.25) is 5.91 Å². The molecule has 0 bridgehead atoms. The minimum atomic E-state index is -0.536. The number of nitro benzene ring substituents is 1. The zero-order valence-corrected chi connectivity index (χ0v) is 16.9. The zero-order chi connectivity index (χ0) is 22.8. The quantitative estimate of drug-likeness (QED) is 0.305. The molecule has 3 aromatic carbocycles. The van der Waals surface area contributed by atoms with Crippen LogP contribution in [0, 0.1) is 10.1 Å². The number of carbonyl (C=O) groups excluding carboxylic acids is 2. The molecule has 32 heavy (non-hydrogen) atoms. The molecule has 3 rings (SSSR count). The Bertz CT molecular complexity index is 1110. The molecule has 0 saturated carbocycles. The second kappa shape index (κ2) is 11.0. The summed E-state index contributed by atoms with van der Waals surface area (Å²) in [5.41, 5.74) is 4.31. The smallest absolute Gasteiger partial charge is 0.271 e. The maximum atomic E-state index is 12.0. The summed E-state index contributed by atoms with van der Waals surface area (Å²) in [6, 6.07) is 21.8. The van der Waals surface area contributed by atoms with Crippen molar-refractivity contribution in [3.63, 3.8) is 0 Å². The fraction of sp³-hybridized carbons (Fsp3) is 0.0870. The van der Waals surface area contributed by atoms with Crippen molar-refractivity contribution < 1.29 is 19.2 Å². The molecule has 0 saturated heterocycles. The number of ether oxygens (including phenoxy) is 1. The Morgan fingerprint density at radius 3 is 2.44 bits per heavy atom. The topological polar surface area (TPSA) is 123 Å². The van der Waals surface area contributed by atoms with Crippen molar-refractivity contribution in [2.75, 3.05) is 11.9 Å². The van der Waals surface area contributed by atoms with Crippen molar-refractivity contribution in [3.05, 3.63) is 100 Å². The molecule has 0 spiro atoms. The molecule has 0 atom stereocenters. The van der Waals surface area contributed by atoms with E-state index in [-0.39, 0.29) is 24.6 Å². The first-order valence-electron chi connectivity index (χ1n) is 9.62. The third-order valence-corrected chi connectivity index (χ3v) is 4.20. The van der Waals surface area contributed by atoms with Crippen LogP contribution in [0.15, 0.2) is 84.0 Å². The molecule has 0 radical (unpaired) electrons. The molecule has 0 unspecified atom stereocenters. The summed E-state index contributed by atoms with van der Waals surface area (Å²) in [6.45, 7) is -0.258. The van der Waals surface area contributed by atoms with Gasteiger partial charge in [0.15, 0.2) is 6.61 Å². The molecular formula is C23H20N4O5. The maximum Gasteiger partial charge on any atom is 0.271 e. The second-order valence-corrected chi connectivity index (χ2v) is 6.67. The number of hydrogen-bond donors (Lipinski definition) is 2. The van der Waals surface area contributed by atoms with Gasteiger partial charge in [-0.05, 0) is 41.5 Å². The van der Waals surface area contributed by atoms with Crippen LogP contribution >= 0.6 is 0 Å². The van der Waals surface area contributed by atoms with Crippen molar-refractivity contribution in [1.29, 1.82) is 0 Å². The number of rotatable bonds is 9. The average Bonchev–Trinajstić information content (AvgIpc) is 2.79. The molecule has 0 aliphatic carbocycles. The van der Waals surface area contributed by atoms with E-state index in [1.165, 1.54) is 24.4 Å². The van der Waals surface area contributed by atoms with E-state index in [2.05, 4.69) is 15.8 Å². The van der Waals surface area contributed by atoms with E-state index in [0.29, 0.717) is 11.4 Å². The van der Waals surface area contributed by atoms with Gasteiger partial charge in [0.05, 0.1) is 17.6 Å². The predicted molar refractivity (Wildman–Crippen MR) is 120 cm³/mol. The van der Waals surface area contributed by atoms with E-state index in [1.54, 1.807) is 30.3 Å². The van der Waals surface area contributed by atoms with E-state index >= 15 is 0 Å². The van der Waals surface area contributed by atoms with Crippen molar-refractivity contribution in [2.45, 2.75) is 6.42 Å². The molecule has 0 aliphatic heterocycles. The highest BCUT2D eigenvalue weighted by molar-refractivity contribution is 5.92. The van der Waals surface area contributed by atoms with E-state index in [0.717, 1.165) is 11.1 Å². The van der Waals surface area contributed by atoms with Gasteiger partial charge in [-0.15, -0.1) is 0 Å². The van der Waals surface area contributed by atoms with Gasteiger partial charge in [0, 0.05) is 17.8 Å². The SMILES string of the molecule is O=C(Cc1ccccc1)NN=Cc1ccc(OCC(=O)Nc2cccc([N+](=O)[O-])c2)cc1. The number of carbonyl (C=O) groups is 2. The van der Waals surface area contributed by atoms with Gasteiger partial charge in [-0.1, -0.05) is 36.4 Å². The van der Waals surface area contributed by atoms with Crippen LogP contribution in [0.4, 0.5) is 11.4 Å². The van der Waals surface area contributed by atoms with Crippen LogP contribution in [0.2, 0.25) is 0 Å². The lowest BCUT2D eigenvalue weighted by Gasteiger charge is -2.07. The van der Waals surface area contributed by atoms with Crippen molar-refractivity contribution in [1.82, 2.24) is 5.43 Å². The van der Waals surface area contributed by atoms with Crippen molar-refractivity contribution in [3.8, 4) is 5.75 Å². The minimum Gasteiger partial charge on any atom is -0.484 e. The van der Waals surface area contributed by atoms with Gasteiger partial charge in [-0.2, -0.15) is 5.10 Å². The number of hydrazone groups is 1. The van der Waals surface area contributed by atoms with Crippen LogP contribution in [0.5, 0.6) is 5.75 Å². The largest absolute Gasteiger partial charge is 0.484 e. The highest BCUT2D eigenvalue weighted by Gasteiger charge is 2.09. The molecular weight excluding hydrogens is 412 g/mol. The number of hydrogen-bond acceptors (Lipinski definition) is 6. The summed E-state index contributed by atoms with van der Waals surface area (Å²) in [7, 11) is 0. The monoisotopic (exact) mass is 432 g/mol. The number of nitrogens with zero attached hydrogens (tertiary/aromatic N) is 2. The Morgan fingerprint density at radius 1 is 0.969 bits per heavy atom. The van der Waals surface area contributed by atoms with Crippen LogP contribution in [0.1, 0.15) is 11.1 Å². The van der Waals surface area contributed by atoms with Gasteiger partial charge < -0.3 is 10.1 Å². The van der Waals surface area contributed by atoms with E-state index in [4.69, 9.17) is 4.74 Å². The molecule has 9 heteroatoms. The average molecular weight is 432 g/mol. The Hall–Kier alpha value is -4.53. The Morgan fingerprint density at radius 2 is 1.72 bits per heavy atom. The molecule has 2 N–H and O–H groups in total. The van der Waals surface area contributed by atoms with E-state index in [1.807, 2.05) is 30.3 Å². The Balaban J connectivity index is 1.43. The number of nitro groups is 1. The van der Waals surface area contributed by atoms with Crippen LogP contribution in [-0.2, 0) is 16.0 Å². The summed E-state index contributed by atoms with van der Waals surface area (Å²) in [6.07, 6.45) is 1.74. The molecule has 0 aliphatic rings. The first-order valence-corrected chi connectivity index (χ1v) is 9.62. The van der Waals surface area contributed by atoms with Gasteiger partial charge in [0.25, 0.3) is 11.6 Å². The van der Waals surface area contributed by atoms with Crippen LogP contribution in [0.25, 0.3) is 0 Å². The molecule has 0 heterocycles. The molecule has 0 fully saturated rings. The summed E-state index contributed by atoms with van der Waals surface area (Å²) >= 11 is 0. The third kappa shape index (κ3) is 7.06. The standard InChI is InChI=1S/C23H20N4O5/c28-22(13-17-5-2-1-3-6-17)26-24-15-18-9-11-21(12-10-18)32-16-23(29)25-19-7-4-8-20(14-19)27(30)31/h1-12,14-15H,13,16H2,(H,25,29)(H,26,28). The highest BCUT2D eigenvalue weighted by Crippen LogP contribution is 2.17. The lowest BCUT2D eigenvalue weighted by atomic mass is 10.1. The molecule has 3 aromatic rings.